The molecule has 2 heterocycles. The quantitative estimate of drug-likeness (QED) is 0.287. The number of fused-ring (bicyclic) bond motifs is 1. The summed E-state index contributed by atoms with van der Waals surface area (Å²) < 4.78 is 5.31. The van der Waals surface area contributed by atoms with E-state index >= 15 is 0 Å². The lowest BCUT2D eigenvalue weighted by Crippen LogP contribution is -2.47. The van der Waals surface area contributed by atoms with Crippen molar-refractivity contribution in [3.05, 3.63) is 119 Å². The van der Waals surface area contributed by atoms with Gasteiger partial charge in [-0.05, 0) is 78.4 Å². The fourth-order valence-corrected chi connectivity index (χ4v) is 5.76. The molecule has 1 aliphatic carbocycles. The first-order valence-electron chi connectivity index (χ1n) is 14.2. The highest BCUT2D eigenvalue weighted by molar-refractivity contribution is 6.05. The van der Waals surface area contributed by atoms with Crippen molar-refractivity contribution >= 4 is 34.4 Å². The minimum absolute atomic E-state index is 0.165. The maximum atomic E-state index is 13.2. The number of hydrogen-bond donors (Lipinski definition) is 2. The van der Waals surface area contributed by atoms with Gasteiger partial charge in [-0.2, -0.15) is 0 Å². The number of rotatable bonds is 8. The molecular weight excluding hydrogens is 512 g/mol. The van der Waals surface area contributed by atoms with Crippen molar-refractivity contribution in [2.45, 2.75) is 19.8 Å². The van der Waals surface area contributed by atoms with Gasteiger partial charge in [0.15, 0.2) is 5.76 Å². The molecule has 7 nitrogen and oxygen atoms in total. The predicted octanol–water partition coefficient (Wildman–Crippen LogP) is 5.93. The molecule has 0 unspecified atom stereocenters. The molecule has 208 valence electrons. The number of furan rings is 1. The van der Waals surface area contributed by atoms with Crippen LogP contribution in [0.2, 0.25) is 0 Å². The minimum Gasteiger partial charge on any atom is -0.459 e. The van der Waals surface area contributed by atoms with Crippen LogP contribution in [0.5, 0.6) is 0 Å². The number of amides is 2. The van der Waals surface area contributed by atoms with Gasteiger partial charge in [0, 0.05) is 44.0 Å². The maximum Gasteiger partial charge on any atom is 0.291 e. The second-order valence-corrected chi connectivity index (χ2v) is 10.5. The number of carbonyl (C=O) groups is 2. The van der Waals surface area contributed by atoms with Gasteiger partial charge in [0.1, 0.15) is 0 Å². The van der Waals surface area contributed by atoms with E-state index in [9.17, 15) is 9.59 Å². The van der Waals surface area contributed by atoms with Crippen LogP contribution in [0, 0.1) is 6.92 Å². The second-order valence-electron chi connectivity index (χ2n) is 10.5. The van der Waals surface area contributed by atoms with E-state index in [1.54, 1.807) is 18.2 Å². The summed E-state index contributed by atoms with van der Waals surface area (Å²) in [7, 11) is 0. The highest BCUT2D eigenvalue weighted by atomic mass is 16.3. The highest BCUT2D eigenvalue weighted by Crippen LogP contribution is 2.31. The first-order chi connectivity index (χ1) is 20.1. The number of allylic oxidation sites excluding steroid dienone is 1. The molecule has 3 aromatic carbocycles. The Morgan fingerprint density at radius 1 is 0.829 bits per heavy atom. The summed E-state index contributed by atoms with van der Waals surface area (Å²) in [5, 5.41) is 6.05. The Balaban J connectivity index is 1.16. The molecule has 2 N–H and O–H groups in total. The zero-order valence-corrected chi connectivity index (χ0v) is 23.2. The number of nitrogens with zero attached hydrogens (tertiary/aromatic N) is 2. The lowest BCUT2D eigenvalue weighted by molar-refractivity contribution is 0.0952. The third-order valence-corrected chi connectivity index (χ3v) is 7.94. The molecule has 1 aliphatic heterocycles. The zero-order chi connectivity index (χ0) is 28.2. The highest BCUT2D eigenvalue weighted by Gasteiger charge is 2.23. The van der Waals surface area contributed by atoms with E-state index < -0.39 is 0 Å². The lowest BCUT2D eigenvalue weighted by Gasteiger charge is -2.38. The first-order valence-corrected chi connectivity index (χ1v) is 14.2. The van der Waals surface area contributed by atoms with Gasteiger partial charge < -0.3 is 24.9 Å². The van der Waals surface area contributed by atoms with Gasteiger partial charge in [-0.3, -0.25) is 9.59 Å². The molecule has 0 radical (unpaired) electrons. The largest absolute Gasteiger partial charge is 0.459 e. The van der Waals surface area contributed by atoms with Crippen LogP contribution in [0.3, 0.4) is 0 Å². The van der Waals surface area contributed by atoms with E-state index in [1.165, 1.54) is 34.2 Å². The van der Waals surface area contributed by atoms with Crippen LogP contribution in [0.1, 0.15) is 44.0 Å². The zero-order valence-electron chi connectivity index (χ0n) is 23.2. The summed E-state index contributed by atoms with van der Waals surface area (Å²) in [4.78, 5) is 30.8. The topological polar surface area (TPSA) is 77.8 Å². The Morgan fingerprint density at radius 3 is 2.37 bits per heavy atom. The fraction of sp³-hybridized carbons (Fsp3) is 0.235. The average molecular weight is 547 g/mol. The summed E-state index contributed by atoms with van der Waals surface area (Å²) in [6, 6.07) is 25.7. The normalized spacial score (nSPS) is 14.4. The monoisotopic (exact) mass is 546 g/mol. The van der Waals surface area contributed by atoms with E-state index in [-0.39, 0.29) is 17.6 Å². The molecule has 7 heteroatoms. The SMILES string of the molecule is Cc1ccccc1N1CCN(c2ccc(C(=O)NCCC3=CCc4ccccc43)cc2NC(=O)c2ccco2)CC1. The molecule has 41 heavy (non-hydrogen) atoms. The van der Waals surface area contributed by atoms with Gasteiger partial charge in [-0.1, -0.05) is 48.5 Å². The van der Waals surface area contributed by atoms with E-state index in [0.717, 1.165) is 44.7 Å². The molecule has 0 spiro atoms. The number of anilines is 3. The van der Waals surface area contributed by atoms with E-state index in [2.05, 4.69) is 82.0 Å². The molecule has 2 amide bonds. The van der Waals surface area contributed by atoms with Crippen molar-refractivity contribution < 1.29 is 14.0 Å². The summed E-state index contributed by atoms with van der Waals surface area (Å²) in [6.45, 7) is 5.97. The smallest absolute Gasteiger partial charge is 0.291 e. The van der Waals surface area contributed by atoms with Crippen LogP contribution in [0.4, 0.5) is 17.1 Å². The summed E-state index contributed by atoms with van der Waals surface area (Å²) in [6.07, 6.45) is 5.43. The van der Waals surface area contributed by atoms with Gasteiger partial charge in [-0.25, -0.2) is 0 Å². The van der Waals surface area contributed by atoms with Crippen LogP contribution >= 0.6 is 0 Å². The molecule has 0 bridgehead atoms. The molecule has 0 atom stereocenters. The van der Waals surface area contributed by atoms with Gasteiger partial charge >= 0.3 is 0 Å². The Kier molecular flexibility index (Phi) is 7.58. The van der Waals surface area contributed by atoms with Crippen molar-refractivity contribution in [2.24, 2.45) is 0 Å². The summed E-state index contributed by atoms with van der Waals surface area (Å²) >= 11 is 0. The molecule has 0 saturated carbocycles. The minimum atomic E-state index is -0.348. The van der Waals surface area contributed by atoms with E-state index in [1.807, 2.05) is 12.1 Å². The lowest BCUT2D eigenvalue weighted by atomic mass is 10.0. The Morgan fingerprint density at radius 2 is 1.59 bits per heavy atom. The number of benzene rings is 3. The van der Waals surface area contributed by atoms with Gasteiger partial charge in [0.2, 0.25) is 0 Å². The number of para-hydroxylation sites is 1. The number of hydrogen-bond acceptors (Lipinski definition) is 5. The predicted molar refractivity (Wildman–Crippen MR) is 164 cm³/mol. The summed E-state index contributed by atoms with van der Waals surface area (Å²) in [5.41, 5.74) is 8.38. The summed E-state index contributed by atoms with van der Waals surface area (Å²) in [5.74, 6) is -0.291. The maximum absolute atomic E-state index is 13.2. The van der Waals surface area contributed by atoms with E-state index in [4.69, 9.17) is 4.42 Å². The number of piperazine rings is 1. The molecule has 1 aromatic heterocycles. The molecule has 1 saturated heterocycles. The Hall–Kier alpha value is -4.78. The molecule has 4 aromatic rings. The van der Waals surface area contributed by atoms with Crippen molar-refractivity contribution in [3.63, 3.8) is 0 Å². The Bertz CT molecular complexity index is 1580. The molecule has 2 aliphatic rings. The third kappa shape index (κ3) is 5.75. The molecular formula is C34H34N4O3. The number of carbonyl (C=O) groups excluding carboxylic acids is 2. The van der Waals surface area contributed by atoms with Crippen LogP contribution in [-0.4, -0.2) is 44.5 Å². The van der Waals surface area contributed by atoms with Gasteiger partial charge in [0.05, 0.1) is 17.6 Å². The fourth-order valence-electron chi connectivity index (χ4n) is 5.76. The van der Waals surface area contributed by atoms with Crippen LogP contribution in [0.15, 0.2) is 95.6 Å². The van der Waals surface area contributed by atoms with Crippen LogP contribution in [0.25, 0.3) is 5.57 Å². The van der Waals surface area contributed by atoms with Gasteiger partial charge in [0.25, 0.3) is 11.8 Å². The van der Waals surface area contributed by atoms with Gasteiger partial charge in [-0.15, -0.1) is 0 Å². The number of nitrogens with one attached hydrogen (secondary N) is 2. The molecule has 1 fully saturated rings. The first kappa shape index (κ1) is 26.4. The molecule has 6 rings (SSSR count). The standard InChI is InChI=1S/C34H34N4O3/c1-24-7-2-5-10-30(24)37-18-20-38(21-19-37)31-15-14-27(23-29(31)36-34(40)32-11-6-22-41-32)33(39)35-17-16-26-13-12-25-8-3-4-9-28(25)26/h2-11,13-15,22-23H,12,16-21H2,1H3,(H,35,39)(H,36,40). The van der Waals surface area contributed by atoms with E-state index in [0.29, 0.717) is 17.8 Å². The van der Waals surface area contributed by atoms with Crippen molar-refractivity contribution in [2.75, 3.05) is 47.8 Å². The van der Waals surface area contributed by atoms with Crippen molar-refractivity contribution in [1.82, 2.24) is 5.32 Å². The van der Waals surface area contributed by atoms with Crippen molar-refractivity contribution in [3.8, 4) is 0 Å². The number of aryl methyl sites for hydroxylation is 1. The van der Waals surface area contributed by atoms with Crippen LogP contribution < -0.4 is 20.4 Å². The Labute approximate surface area is 240 Å². The third-order valence-electron chi connectivity index (χ3n) is 7.94. The van der Waals surface area contributed by atoms with Crippen molar-refractivity contribution in [1.29, 1.82) is 0 Å². The van der Waals surface area contributed by atoms with Crippen LogP contribution in [-0.2, 0) is 6.42 Å². The second kappa shape index (κ2) is 11.8. The average Bonchev–Trinajstić information content (AvgIpc) is 3.69.